The quantitative estimate of drug-likeness (QED) is 0.383. The molecule has 30 heavy (non-hydrogen) atoms. The molecule has 1 aliphatic heterocycles. The Balaban J connectivity index is 1.93. The number of rotatable bonds is 3. The predicted octanol–water partition coefficient (Wildman–Crippen LogP) is 4.90. The summed E-state index contributed by atoms with van der Waals surface area (Å²) in [5, 5.41) is 10.9. The molecule has 0 bridgehead atoms. The second-order valence-corrected chi connectivity index (χ2v) is 7.06. The number of hydrogen-bond donors (Lipinski definition) is 1. The Morgan fingerprint density at radius 1 is 0.833 bits per heavy atom. The largest absolute Gasteiger partial charge is 0.507 e. The number of benzene rings is 3. The number of aliphatic hydroxyl groups excluding tert-OH is 1. The van der Waals surface area contributed by atoms with Crippen molar-refractivity contribution in [2.45, 2.75) is 13.0 Å². The highest BCUT2D eigenvalue weighted by molar-refractivity contribution is 6.51. The van der Waals surface area contributed by atoms with E-state index in [-0.39, 0.29) is 17.0 Å². The SMILES string of the molecule is Cc1ccc(/C(O)=C2/C(=O)C(=O)N(c3ccc(F)cc3)C2c2ccc(F)cc2)cc1. The molecule has 1 heterocycles. The molecule has 3 aromatic carbocycles. The van der Waals surface area contributed by atoms with E-state index in [1.165, 1.54) is 53.4 Å². The van der Waals surface area contributed by atoms with Crippen molar-refractivity contribution < 1.29 is 23.5 Å². The first-order valence-corrected chi connectivity index (χ1v) is 9.26. The van der Waals surface area contributed by atoms with Crippen LogP contribution in [0.3, 0.4) is 0 Å². The molecule has 1 amide bonds. The van der Waals surface area contributed by atoms with Gasteiger partial charge in [0.2, 0.25) is 0 Å². The molecular weight excluding hydrogens is 388 g/mol. The van der Waals surface area contributed by atoms with E-state index in [1.54, 1.807) is 24.3 Å². The van der Waals surface area contributed by atoms with E-state index in [0.717, 1.165) is 5.56 Å². The Hall–Kier alpha value is -3.80. The second-order valence-electron chi connectivity index (χ2n) is 7.06. The number of nitrogens with zero attached hydrogens (tertiary/aromatic N) is 1. The van der Waals surface area contributed by atoms with Crippen LogP contribution in [-0.4, -0.2) is 16.8 Å². The minimum Gasteiger partial charge on any atom is -0.507 e. The smallest absolute Gasteiger partial charge is 0.300 e. The van der Waals surface area contributed by atoms with Crippen molar-refractivity contribution in [3.05, 3.63) is 107 Å². The summed E-state index contributed by atoms with van der Waals surface area (Å²) < 4.78 is 26.9. The predicted molar refractivity (Wildman–Crippen MR) is 109 cm³/mol. The zero-order valence-corrected chi connectivity index (χ0v) is 16.0. The molecule has 1 saturated heterocycles. The number of aliphatic hydroxyl groups is 1. The van der Waals surface area contributed by atoms with Gasteiger partial charge in [-0.3, -0.25) is 14.5 Å². The molecule has 3 aromatic rings. The van der Waals surface area contributed by atoms with Gasteiger partial charge in [0.05, 0.1) is 11.6 Å². The molecule has 1 N–H and O–H groups in total. The third-order valence-corrected chi connectivity index (χ3v) is 5.06. The lowest BCUT2D eigenvalue weighted by Gasteiger charge is -2.25. The van der Waals surface area contributed by atoms with Crippen molar-refractivity contribution in [3.8, 4) is 0 Å². The molecule has 0 aromatic heterocycles. The summed E-state index contributed by atoms with van der Waals surface area (Å²) >= 11 is 0. The van der Waals surface area contributed by atoms with Crippen molar-refractivity contribution in [1.82, 2.24) is 0 Å². The summed E-state index contributed by atoms with van der Waals surface area (Å²) in [6, 6.07) is 16.3. The van der Waals surface area contributed by atoms with Crippen molar-refractivity contribution in [3.63, 3.8) is 0 Å². The van der Waals surface area contributed by atoms with Gasteiger partial charge in [-0.2, -0.15) is 0 Å². The van der Waals surface area contributed by atoms with E-state index in [0.29, 0.717) is 11.1 Å². The summed E-state index contributed by atoms with van der Waals surface area (Å²) in [5.41, 5.74) is 1.96. The molecule has 0 radical (unpaired) electrons. The molecule has 150 valence electrons. The van der Waals surface area contributed by atoms with Gasteiger partial charge in [-0.25, -0.2) is 8.78 Å². The fourth-order valence-electron chi connectivity index (χ4n) is 3.53. The molecule has 1 aliphatic rings. The minimum atomic E-state index is -0.989. The zero-order valence-electron chi connectivity index (χ0n) is 16.0. The first kappa shape index (κ1) is 19.5. The first-order valence-electron chi connectivity index (χ1n) is 9.26. The summed E-state index contributed by atoms with van der Waals surface area (Å²) in [6.07, 6.45) is 0. The van der Waals surface area contributed by atoms with Gasteiger partial charge in [-0.15, -0.1) is 0 Å². The maximum Gasteiger partial charge on any atom is 0.300 e. The van der Waals surface area contributed by atoms with Gasteiger partial charge in [0.15, 0.2) is 0 Å². The molecule has 1 unspecified atom stereocenters. The lowest BCUT2D eigenvalue weighted by Crippen LogP contribution is -2.29. The summed E-state index contributed by atoms with van der Waals surface area (Å²) in [6.45, 7) is 1.88. The molecular formula is C24H17F2NO3. The van der Waals surface area contributed by atoms with E-state index in [9.17, 15) is 23.5 Å². The molecule has 1 atom stereocenters. The van der Waals surface area contributed by atoms with Crippen LogP contribution in [0.5, 0.6) is 0 Å². The number of hydrogen-bond acceptors (Lipinski definition) is 3. The highest BCUT2D eigenvalue weighted by Crippen LogP contribution is 2.42. The number of aryl methyl sites for hydroxylation is 1. The van der Waals surface area contributed by atoms with Gasteiger partial charge < -0.3 is 5.11 Å². The van der Waals surface area contributed by atoms with Crippen LogP contribution in [0.1, 0.15) is 22.7 Å². The van der Waals surface area contributed by atoms with E-state index >= 15 is 0 Å². The second kappa shape index (κ2) is 7.55. The maximum atomic E-state index is 13.5. The number of ketones is 1. The van der Waals surface area contributed by atoms with E-state index in [1.807, 2.05) is 6.92 Å². The van der Waals surface area contributed by atoms with Gasteiger partial charge >= 0.3 is 0 Å². The van der Waals surface area contributed by atoms with Crippen LogP contribution in [-0.2, 0) is 9.59 Å². The van der Waals surface area contributed by atoms with Crippen LogP contribution in [0.25, 0.3) is 5.76 Å². The zero-order chi connectivity index (χ0) is 21.4. The topological polar surface area (TPSA) is 57.6 Å². The normalized spacial score (nSPS) is 18.1. The fourth-order valence-corrected chi connectivity index (χ4v) is 3.53. The van der Waals surface area contributed by atoms with Gasteiger partial charge in [0, 0.05) is 11.3 Å². The molecule has 4 rings (SSSR count). The third-order valence-electron chi connectivity index (χ3n) is 5.06. The monoisotopic (exact) mass is 405 g/mol. The first-order chi connectivity index (χ1) is 14.4. The number of halogens is 2. The number of carbonyl (C=O) groups is 2. The average molecular weight is 405 g/mol. The summed E-state index contributed by atoms with van der Waals surface area (Å²) in [4.78, 5) is 27.0. The summed E-state index contributed by atoms with van der Waals surface area (Å²) in [7, 11) is 0. The van der Waals surface area contributed by atoms with Crippen LogP contribution in [0.15, 0.2) is 78.4 Å². The van der Waals surface area contributed by atoms with Crippen molar-refractivity contribution in [1.29, 1.82) is 0 Å². The maximum absolute atomic E-state index is 13.5. The van der Waals surface area contributed by atoms with E-state index in [4.69, 9.17) is 0 Å². The third kappa shape index (κ3) is 3.37. The Morgan fingerprint density at radius 3 is 1.93 bits per heavy atom. The Labute approximate surface area is 171 Å². The molecule has 0 aliphatic carbocycles. The fraction of sp³-hybridized carbons (Fsp3) is 0.0833. The molecule has 4 nitrogen and oxygen atoms in total. The standard InChI is InChI=1S/C24H17F2NO3/c1-14-2-4-16(5-3-14)22(28)20-21(15-6-8-17(25)9-7-15)27(24(30)23(20)29)19-12-10-18(26)11-13-19/h2-13,21,28H,1H3/b22-20-. The van der Waals surface area contributed by atoms with Crippen LogP contribution < -0.4 is 4.90 Å². The molecule has 0 spiro atoms. The number of amides is 1. The van der Waals surface area contributed by atoms with Crippen molar-refractivity contribution in [2.75, 3.05) is 4.90 Å². The van der Waals surface area contributed by atoms with Crippen LogP contribution >= 0.6 is 0 Å². The highest BCUT2D eigenvalue weighted by Gasteiger charge is 2.46. The van der Waals surface area contributed by atoms with Gasteiger partial charge in [0.25, 0.3) is 11.7 Å². The van der Waals surface area contributed by atoms with Crippen LogP contribution in [0.2, 0.25) is 0 Å². The lowest BCUT2D eigenvalue weighted by atomic mass is 9.95. The van der Waals surface area contributed by atoms with Crippen molar-refractivity contribution >= 4 is 23.1 Å². The molecule has 0 saturated carbocycles. The Morgan fingerprint density at radius 2 is 1.37 bits per heavy atom. The Kier molecular flexibility index (Phi) is 4.91. The number of anilines is 1. The Bertz CT molecular complexity index is 1150. The van der Waals surface area contributed by atoms with Gasteiger partial charge in [0.1, 0.15) is 17.4 Å². The van der Waals surface area contributed by atoms with E-state index < -0.39 is 29.4 Å². The average Bonchev–Trinajstić information content (AvgIpc) is 3.00. The van der Waals surface area contributed by atoms with Crippen LogP contribution in [0, 0.1) is 18.6 Å². The van der Waals surface area contributed by atoms with Crippen molar-refractivity contribution in [2.24, 2.45) is 0 Å². The molecule has 1 fully saturated rings. The highest BCUT2D eigenvalue weighted by atomic mass is 19.1. The van der Waals surface area contributed by atoms with Gasteiger partial charge in [-0.1, -0.05) is 42.0 Å². The summed E-state index contributed by atoms with van der Waals surface area (Å²) in [5.74, 6) is -3.02. The minimum absolute atomic E-state index is 0.111. The van der Waals surface area contributed by atoms with E-state index in [2.05, 4.69) is 0 Å². The molecule has 6 heteroatoms. The number of carbonyl (C=O) groups excluding carboxylic acids is 2. The van der Waals surface area contributed by atoms with Gasteiger partial charge in [-0.05, 0) is 48.9 Å². The lowest BCUT2D eigenvalue weighted by molar-refractivity contribution is -0.132. The number of Topliss-reactive ketones (excluding diaryl/α,β-unsaturated/α-hetero) is 1. The van der Waals surface area contributed by atoms with Crippen LogP contribution in [0.4, 0.5) is 14.5 Å².